The van der Waals surface area contributed by atoms with Gasteiger partial charge in [0, 0.05) is 19.8 Å². The molecule has 0 aliphatic rings. The number of hydrogen-bond acceptors (Lipinski definition) is 5. The largest absolute Gasteiger partial charge is 0.495 e. The van der Waals surface area contributed by atoms with Gasteiger partial charge in [-0.1, -0.05) is 12.1 Å². The second-order valence-electron chi connectivity index (χ2n) is 6.25. The second-order valence-corrected chi connectivity index (χ2v) is 8.37. The third-order valence-electron chi connectivity index (χ3n) is 4.15. The average Bonchev–Trinajstić information content (AvgIpc) is 3.18. The van der Waals surface area contributed by atoms with Crippen LogP contribution >= 0.6 is 0 Å². The molecule has 1 amide bonds. The number of anilines is 1. The normalized spacial score (nSPS) is 11.5. The van der Waals surface area contributed by atoms with Gasteiger partial charge in [-0.15, -0.1) is 0 Å². The molecular formula is C20H19FN2O5S. The Morgan fingerprint density at radius 1 is 1.10 bits per heavy atom. The third-order valence-corrected chi connectivity index (χ3v) is 5.99. The third kappa shape index (κ3) is 4.15. The molecule has 7 nitrogen and oxygen atoms in total. The predicted molar refractivity (Wildman–Crippen MR) is 106 cm³/mol. The molecule has 1 aromatic heterocycles. The zero-order valence-electron chi connectivity index (χ0n) is 16.0. The van der Waals surface area contributed by atoms with Crippen LogP contribution in [0.5, 0.6) is 5.75 Å². The van der Waals surface area contributed by atoms with E-state index in [1.54, 1.807) is 12.1 Å². The first-order valence-electron chi connectivity index (χ1n) is 8.50. The Balaban J connectivity index is 1.88. The summed E-state index contributed by atoms with van der Waals surface area (Å²) >= 11 is 0. The topological polar surface area (TPSA) is 88.8 Å². The lowest BCUT2D eigenvalue weighted by atomic mass is 10.1. The van der Waals surface area contributed by atoms with Crippen molar-refractivity contribution in [2.24, 2.45) is 0 Å². The highest BCUT2D eigenvalue weighted by Gasteiger charge is 2.23. The molecule has 1 N–H and O–H groups in total. The van der Waals surface area contributed by atoms with Crippen LogP contribution in [0.25, 0.3) is 11.3 Å². The Kier molecular flexibility index (Phi) is 5.71. The number of furan rings is 1. The van der Waals surface area contributed by atoms with Gasteiger partial charge in [0.05, 0.1) is 12.7 Å². The smallest absolute Gasteiger partial charge is 0.291 e. The van der Waals surface area contributed by atoms with Gasteiger partial charge in [-0.05, 0) is 42.5 Å². The molecule has 0 radical (unpaired) electrons. The van der Waals surface area contributed by atoms with Gasteiger partial charge in [-0.3, -0.25) is 4.79 Å². The van der Waals surface area contributed by atoms with Crippen molar-refractivity contribution in [3.05, 3.63) is 66.2 Å². The lowest BCUT2D eigenvalue weighted by Gasteiger charge is -2.15. The molecule has 152 valence electrons. The maximum absolute atomic E-state index is 13.9. The van der Waals surface area contributed by atoms with Crippen LogP contribution in [0.2, 0.25) is 0 Å². The Hall–Kier alpha value is -3.17. The number of carbonyl (C=O) groups is 1. The molecule has 0 aliphatic carbocycles. The number of amides is 1. The van der Waals surface area contributed by atoms with Crippen LogP contribution in [0, 0.1) is 5.82 Å². The molecule has 1 heterocycles. The first-order chi connectivity index (χ1) is 13.7. The number of carbonyl (C=O) groups excluding carboxylic acids is 1. The van der Waals surface area contributed by atoms with E-state index in [-0.39, 0.29) is 33.4 Å². The van der Waals surface area contributed by atoms with Crippen molar-refractivity contribution >= 4 is 21.6 Å². The van der Waals surface area contributed by atoms with Gasteiger partial charge in [0.25, 0.3) is 5.91 Å². The number of sulfonamides is 1. The van der Waals surface area contributed by atoms with E-state index in [9.17, 15) is 17.6 Å². The summed E-state index contributed by atoms with van der Waals surface area (Å²) in [5, 5.41) is 2.58. The fourth-order valence-corrected chi connectivity index (χ4v) is 3.69. The van der Waals surface area contributed by atoms with Gasteiger partial charge >= 0.3 is 0 Å². The second kappa shape index (κ2) is 8.06. The standard InChI is InChI=1S/C20H19FN2O5S/c1-23(2)29(25,26)19-12-13(8-9-17(19)27-3)22-20(24)18-11-10-16(28-18)14-6-4-5-7-15(14)21/h4-12H,1-3H3,(H,22,24). The van der Waals surface area contributed by atoms with Crippen LogP contribution in [-0.4, -0.2) is 39.8 Å². The molecule has 0 unspecified atom stereocenters. The van der Waals surface area contributed by atoms with Gasteiger partial charge in [0.1, 0.15) is 22.2 Å². The maximum atomic E-state index is 13.9. The molecule has 9 heteroatoms. The highest BCUT2D eigenvalue weighted by atomic mass is 32.2. The zero-order valence-corrected chi connectivity index (χ0v) is 16.8. The van der Waals surface area contributed by atoms with Gasteiger partial charge < -0.3 is 14.5 Å². The molecule has 2 aromatic carbocycles. The first-order valence-corrected chi connectivity index (χ1v) is 9.94. The van der Waals surface area contributed by atoms with Crippen LogP contribution in [-0.2, 0) is 10.0 Å². The fraction of sp³-hybridized carbons (Fsp3) is 0.150. The summed E-state index contributed by atoms with van der Waals surface area (Å²) in [7, 11) is 0.361. The summed E-state index contributed by atoms with van der Waals surface area (Å²) in [6.07, 6.45) is 0. The fourth-order valence-electron chi connectivity index (χ4n) is 2.61. The van der Waals surface area contributed by atoms with Crippen LogP contribution in [0.15, 0.2) is 63.9 Å². The lowest BCUT2D eigenvalue weighted by molar-refractivity contribution is 0.0997. The Morgan fingerprint density at radius 3 is 2.48 bits per heavy atom. The Morgan fingerprint density at radius 2 is 1.83 bits per heavy atom. The van der Waals surface area contributed by atoms with Crippen molar-refractivity contribution in [2.75, 3.05) is 26.5 Å². The van der Waals surface area contributed by atoms with Crippen molar-refractivity contribution in [2.45, 2.75) is 4.90 Å². The monoisotopic (exact) mass is 418 g/mol. The van der Waals surface area contributed by atoms with Gasteiger partial charge in [-0.25, -0.2) is 17.1 Å². The number of nitrogens with one attached hydrogen (secondary N) is 1. The van der Waals surface area contributed by atoms with Gasteiger partial charge in [-0.2, -0.15) is 0 Å². The van der Waals surface area contributed by atoms with E-state index in [2.05, 4.69) is 5.32 Å². The number of ether oxygens (including phenoxy) is 1. The van der Waals surface area contributed by atoms with Gasteiger partial charge in [0.2, 0.25) is 10.0 Å². The van der Waals surface area contributed by atoms with Crippen molar-refractivity contribution < 1.29 is 26.8 Å². The minimum absolute atomic E-state index is 0.0453. The molecule has 0 bridgehead atoms. The summed E-state index contributed by atoms with van der Waals surface area (Å²) in [5.41, 5.74) is 0.468. The average molecular weight is 418 g/mol. The summed E-state index contributed by atoms with van der Waals surface area (Å²) in [5.74, 6) is -0.764. The Bertz CT molecular complexity index is 1160. The quantitative estimate of drug-likeness (QED) is 0.661. The minimum atomic E-state index is -3.79. The molecule has 0 spiro atoms. The molecule has 0 fully saturated rings. The molecule has 3 rings (SSSR count). The highest BCUT2D eigenvalue weighted by Crippen LogP contribution is 2.30. The molecule has 0 aliphatic heterocycles. The zero-order chi connectivity index (χ0) is 21.2. The van der Waals surface area contributed by atoms with Gasteiger partial charge in [0.15, 0.2) is 5.76 Å². The SMILES string of the molecule is COc1ccc(NC(=O)c2ccc(-c3ccccc3F)o2)cc1S(=O)(=O)N(C)C. The van der Waals surface area contributed by atoms with Crippen LogP contribution in [0.4, 0.5) is 10.1 Å². The summed E-state index contributed by atoms with van der Waals surface area (Å²) in [6.45, 7) is 0. The number of benzene rings is 2. The summed E-state index contributed by atoms with van der Waals surface area (Å²) < 4.78 is 50.5. The number of halogens is 1. The summed E-state index contributed by atoms with van der Waals surface area (Å²) in [4.78, 5) is 12.4. The highest BCUT2D eigenvalue weighted by molar-refractivity contribution is 7.89. The van der Waals surface area contributed by atoms with Crippen molar-refractivity contribution in [3.63, 3.8) is 0 Å². The lowest BCUT2D eigenvalue weighted by Crippen LogP contribution is -2.23. The van der Waals surface area contributed by atoms with E-state index in [0.29, 0.717) is 0 Å². The molecule has 0 atom stereocenters. The van der Waals surface area contributed by atoms with Crippen molar-refractivity contribution in [1.29, 1.82) is 0 Å². The summed E-state index contributed by atoms with van der Waals surface area (Å²) in [6, 6.07) is 13.2. The Labute approximate surface area is 167 Å². The molecule has 3 aromatic rings. The van der Waals surface area contributed by atoms with Crippen molar-refractivity contribution in [1.82, 2.24) is 4.31 Å². The van der Waals surface area contributed by atoms with Crippen LogP contribution in [0.3, 0.4) is 0 Å². The number of rotatable bonds is 6. The van der Waals surface area contributed by atoms with Crippen LogP contribution in [0.1, 0.15) is 10.6 Å². The van der Waals surface area contributed by atoms with E-state index < -0.39 is 21.7 Å². The van der Waals surface area contributed by atoms with Crippen molar-refractivity contribution in [3.8, 4) is 17.1 Å². The number of hydrogen-bond donors (Lipinski definition) is 1. The van der Waals surface area contributed by atoms with E-state index in [4.69, 9.17) is 9.15 Å². The van der Waals surface area contributed by atoms with E-state index in [1.807, 2.05) is 0 Å². The molecular weight excluding hydrogens is 399 g/mol. The van der Waals surface area contributed by atoms with E-state index in [1.165, 1.54) is 63.7 Å². The molecule has 0 saturated heterocycles. The van der Waals surface area contributed by atoms with E-state index in [0.717, 1.165) is 4.31 Å². The van der Waals surface area contributed by atoms with Crippen LogP contribution < -0.4 is 10.1 Å². The number of methoxy groups -OCH3 is 1. The first kappa shape index (κ1) is 20.6. The molecule has 0 saturated carbocycles. The maximum Gasteiger partial charge on any atom is 0.291 e. The molecule has 29 heavy (non-hydrogen) atoms. The predicted octanol–water partition coefficient (Wildman–Crippen LogP) is 3.60. The number of nitrogens with zero attached hydrogens (tertiary/aromatic N) is 1. The minimum Gasteiger partial charge on any atom is -0.495 e. The van der Waals surface area contributed by atoms with E-state index >= 15 is 0 Å².